The van der Waals surface area contributed by atoms with Crippen LogP contribution in [0.1, 0.15) is 24.1 Å². The monoisotopic (exact) mass is 526 g/mol. The normalized spacial score (nSPS) is 12.6. The van der Waals surface area contributed by atoms with Gasteiger partial charge in [0.1, 0.15) is 12.3 Å². The number of para-hydroxylation sites is 1. The molecule has 35 heavy (non-hydrogen) atoms. The lowest BCUT2D eigenvalue weighted by molar-refractivity contribution is -0.137. The first-order valence-electron chi connectivity index (χ1n) is 10.3. The second kappa shape index (κ2) is 10.6. The van der Waals surface area contributed by atoms with Crippen molar-refractivity contribution in [3.8, 4) is 5.75 Å². The molecule has 3 rings (SSSR count). The number of halogens is 4. The zero-order valence-corrected chi connectivity index (χ0v) is 20.3. The molecule has 0 heterocycles. The second-order valence-corrected chi connectivity index (χ2v) is 9.79. The molecule has 0 aliphatic rings. The van der Waals surface area contributed by atoms with Crippen molar-refractivity contribution in [3.05, 3.63) is 88.9 Å². The van der Waals surface area contributed by atoms with Crippen molar-refractivity contribution in [2.24, 2.45) is 0 Å². The molecule has 0 aliphatic carbocycles. The molecule has 11 heteroatoms. The standard InChI is InChI=1S/C24H22ClF3N2O4S/c1-16(19-10-6-7-11-22(19)34-2)29-23(31)15-30(35(32,33)18-8-4-3-5-9-18)21-14-17(24(26,27)28)12-13-20(21)25/h3-14,16H,15H2,1-2H3,(H,29,31)/t16-/m1/s1. The van der Waals surface area contributed by atoms with Crippen molar-refractivity contribution in [1.82, 2.24) is 5.32 Å². The number of sulfonamides is 1. The van der Waals surface area contributed by atoms with Crippen LogP contribution in [0.25, 0.3) is 0 Å². The summed E-state index contributed by atoms with van der Waals surface area (Å²) >= 11 is 6.14. The van der Waals surface area contributed by atoms with Crippen LogP contribution in [0.2, 0.25) is 5.02 Å². The summed E-state index contributed by atoms with van der Waals surface area (Å²) in [5.41, 5.74) is -0.934. The maximum absolute atomic E-state index is 13.4. The highest BCUT2D eigenvalue weighted by Crippen LogP contribution is 2.37. The molecular formula is C24H22ClF3N2O4S. The molecule has 3 aromatic carbocycles. The Hall–Kier alpha value is -3.24. The van der Waals surface area contributed by atoms with E-state index >= 15 is 0 Å². The molecule has 1 N–H and O–H groups in total. The van der Waals surface area contributed by atoms with Crippen molar-refractivity contribution in [3.63, 3.8) is 0 Å². The summed E-state index contributed by atoms with van der Waals surface area (Å²) in [5, 5.41) is 2.41. The minimum absolute atomic E-state index is 0.209. The highest BCUT2D eigenvalue weighted by Gasteiger charge is 2.34. The van der Waals surface area contributed by atoms with E-state index < -0.39 is 45.9 Å². The van der Waals surface area contributed by atoms with Gasteiger partial charge in [0, 0.05) is 5.56 Å². The zero-order chi connectivity index (χ0) is 25.8. The fourth-order valence-corrected chi connectivity index (χ4v) is 5.14. The van der Waals surface area contributed by atoms with Gasteiger partial charge in [0.15, 0.2) is 0 Å². The molecule has 0 saturated carbocycles. The number of ether oxygens (including phenoxy) is 1. The molecule has 0 spiro atoms. The number of methoxy groups -OCH3 is 1. The number of hydrogen-bond donors (Lipinski definition) is 1. The van der Waals surface area contributed by atoms with Crippen molar-refractivity contribution < 1.29 is 31.1 Å². The van der Waals surface area contributed by atoms with Crippen molar-refractivity contribution in [2.75, 3.05) is 18.0 Å². The third kappa shape index (κ3) is 6.07. The lowest BCUT2D eigenvalue weighted by Gasteiger charge is -2.26. The molecule has 0 saturated heterocycles. The first-order chi connectivity index (χ1) is 16.4. The molecular weight excluding hydrogens is 505 g/mol. The third-order valence-corrected chi connectivity index (χ3v) is 7.24. The molecule has 6 nitrogen and oxygen atoms in total. The van der Waals surface area contributed by atoms with Crippen LogP contribution in [-0.4, -0.2) is 28.0 Å². The van der Waals surface area contributed by atoms with E-state index in [1.165, 1.54) is 31.4 Å². The van der Waals surface area contributed by atoms with E-state index in [0.717, 1.165) is 12.1 Å². The van der Waals surface area contributed by atoms with E-state index in [0.29, 0.717) is 21.7 Å². The van der Waals surface area contributed by atoms with Gasteiger partial charge < -0.3 is 10.1 Å². The minimum atomic E-state index is -4.75. The van der Waals surface area contributed by atoms with Gasteiger partial charge in [0.2, 0.25) is 5.91 Å². The molecule has 0 aromatic heterocycles. The number of amides is 1. The Kier molecular flexibility index (Phi) is 7.97. The number of nitrogens with zero attached hydrogens (tertiary/aromatic N) is 1. The van der Waals surface area contributed by atoms with Crippen molar-refractivity contribution >= 4 is 33.2 Å². The Morgan fingerprint density at radius 2 is 1.69 bits per heavy atom. The SMILES string of the molecule is COc1ccccc1[C@@H](C)NC(=O)CN(c1cc(C(F)(F)F)ccc1Cl)S(=O)(=O)c1ccccc1. The van der Waals surface area contributed by atoms with Gasteiger partial charge in [-0.3, -0.25) is 9.10 Å². The molecule has 186 valence electrons. The number of carbonyl (C=O) groups is 1. The molecule has 0 unspecified atom stereocenters. The predicted octanol–water partition coefficient (Wildman–Crippen LogP) is 5.44. The Morgan fingerprint density at radius 1 is 1.06 bits per heavy atom. The van der Waals surface area contributed by atoms with Crippen LogP contribution in [0.5, 0.6) is 5.75 Å². The first kappa shape index (κ1) is 26.4. The first-order valence-corrected chi connectivity index (χ1v) is 12.1. The summed E-state index contributed by atoms with van der Waals surface area (Å²) in [6.07, 6.45) is -4.75. The average Bonchev–Trinajstić information content (AvgIpc) is 2.82. The van der Waals surface area contributed by atoms with Crippen LogP contribution in [-0.2, 0) is 21.0 Å². The number of rotatable bonds is 8. The highest BCUT2D eigenvalue weighted by molar-refractivity contribution is 7.92. The van der Waals surface area contributed by atoms with E-state index in [9.17, 15) is 26.4 Å². The van der Waals surface area contributed by atoms with Gasteiger partial charge >= 0.3 is 6.18 Å². The Bertz CT molecular complexity index is 1300. The van der Waals surface area contributed by atoms with Crippen LogP contribution in [0.3, 0.4) is 0 Å². The van der Waals surface area contributed by atoms with Crippen LogP contribution < -0.4 is 14.4 Å². The topological polar surface area (TPSA) is 75.7 Å². The minimum Gasteiger partial charge on any atom is -0.496 e. The molecule has 0 aliphatic heterocycles. The van der Waals surface area contributed by atoms with Crippen molar-refractivity contribution in [2.45, 2.75) is 24.0 Å². The van der Waals surface area contributed by atoms with E-state index in [4.69, 9.17) is 16.3 Å². The quantitative estimate of drug-likeness (QED) is 0.424. The summed E-state index contributed by atoms with van der Waals surface area (Å²) in [4.78, 5) is 12.7. The van der Waals surface area contributed by atoms with E-state index in [-0.39, 0.29) is 9.92 Å². The Morgan fingerprint density at radius 3 is 2.31 bits per heavy atom. The predicted molar refractivity (Wildman–Crippen MR) is 127 cm³/mol. The summed E-state index contributed by atoms with van der Waals surface area (Å²) in [7, 11) is -2.98. The number of hydrogen-bond acceptors (Lipinski definition) is 4. The Labute approximate surface area is 206 Å². The van der Waals surface area contributed by atoms with E-state index in [1.54, 1.807) is 37.3 Å². The van der Waals surface area contributed by atoms with Crippen LogP contribution in [0.4, 0.5) is 18.9 Å². The lowest BCUT2D eigenvalue weighted by atomic mass is 10.1. The van der Waals surface area contributed by atoms with Gasteiger partial charge in [-0.2, -0.15) is 13.2 Å². The maximum atomic E-state index is 13.4. The molecule has 0 radical (unpaired) electrons. The largest absolute Gasteiger partial charge is 0.496 e. The number of alkyl halides is 3. The molecule has 0 fully saturated rings. The van der Waals surface area contributed by atoms with Gasteiger partial charge in [0.05, 0.1) is 34.3 Å². The number of carbonyl (C=O) groups excluding carboxylic acids is 1. The average molecular weight is 527 g/mol. The summed E-state index contributed by atoms with van der Waals surface area (Å²) in [5.74, 6) is -0.244. The lowest BCUT2D eigenvalue weighted by Crippen LogP contribution is -2.41. The van der Waals surface area contributed by atoms with Crippen LogP contribution in [0.15, 0.2) is 77.7 Å². The maximum Gasteiger partial charge on any atom is 0.416 e. The summed E-state index contributed by atoms with van der Waals surface area (Å²) in [6.45, 7) is 0.862. The van der Waals surface area contributed by atoms with Crippen LogP contribution in [0, 0.1) is 0 Å². The zero-order valence-electron chi connectivity index (χ0n) is 18.7. The van der Waals surface area contributed by atoms with Crippen molar-refractivity contribution in [1.29, 1.82) is 0 Å². The van der Waals surface area contributed by atoms with Crippen LogP contribution >= 0.6 is 11.6 Å². The van der Waals surface area contributed by atoms with Gasteiger partial charge in [-0.1, -0.05) is 48.0 Å². The van der Waals surface area contributed by atoms with E-state index in [2.05, 4.69) is 5.32 Å². The molecule has 3 aromatic rings. The fourth-order valence-electron chi connectivity index (χ4n) is 3.42. The number of nitrogens with one attached hydrogen (secondary N) is 1. The van der Waals surface area contributed by atoms with Gasteiger partial charge in [-0.05, 0) is 43.3 Å². The van der Waals surface area contributed by atoms with Gasteiger partial charge in [0.25, 0.3) is 10.0 Å². The fraction of sp³-hybridized carbons (Fsp3) is 0.208. The summed E-state index contributed by atoms with van der Waals surface area (Å²) in [6, 6.07) is 15.7. The molecule has 1 amide bonds. The highest BCUT2D eigenvalue weighted by atomic mass is 35.5. The smallest absolute Gasteiger partial charge is 0.416 e. The number of anilines is 1. The second-order valence-electron chi connectivity index (χ2n) is 7.52. The summed E-state index contributed by atoms with van der Waals surface area (Å²) < 4.78 is 72.8. The Balaban J connectivity index is 2.01. The van der Waals surface area contributed by atoms with Gasteiger partial charge in [-0.15, -0.1) is 0 Å². The van der Waals surface area contributed by atoms with E-state index in [1.807, 2.05) is 0 Å². The number of benzene rings is 3. The molecule has 1 atom stereocenters. The molecule has 0 bridgehead atoms. The van der Waals surface area contributed by atoms with Gasteiger partial charge in [-0.25, -0.2) is 8.42 Å². The third-order valence-electron chi connectivity index (χ3n) is 5.14.